The van der Waals surface area contributed by atoms with Crippen molar-refractivity contribution < 1.29 is 4.79 Å². The van der Waals surface area contributed by atoms with Gasteiger partial charge in [0.1, 0.15) is 5.78 Å². The topological polar surface area (TPSA) is 17.1 Å². The molecule has 1 nitrogen and oxygen atoms in total. The summed E-state index contributed by atoms with van der Waals surface area (Å²) in [6.07, 6.45) is 0.486. The lowest BCUT2D eigenvalue weighted by Gasteiger charge is -2.11. The standard InChI is InChI=1S/C19H16O/c1-14(20)13-16-8-3-5-11-18(16)19-12-6-9-15-7-2-4-10-17(15)19/h2-12H,13H2,1H3. The number of ketones is 1. The number of fused-ring (bicyclic) bond motifs is 1. The number of carbonyl (C=O) groups is 1. The molecule has 20 heavy (non-hydrogen) atoms. The van der Waals surface area contributed by atoms with Crippen LogP contribution in [0.3, 0.4) is 0 Å². The Balaban J connectivity index is 2.23. The van der Waals surface area contributed by atoms with E-state index >= 15 is 0 Å². The van der Waals surface area contributed by atoms with Gasteiger partial charge in [-0.15, -0.1) is 0 Å². The van der Waals surface area contributed by atoms with Crippen LogP contribution >= 0.6 is 0 Å². The maximum atomic E-state index is 11.5. The molecule has 0 aromatic heterocycles. The molecule has 0 heterocycles. The fourth-order valence-electron chi connectivity index (χ4n) is 2.67. The fraction of sp³-hybridized carbons (Fsp3) is 0.105. The Morgan fingerprint density at radius 2 is 1.45 bits per heavy atom. The molecule has 0 unspecified atom stereocenters. The second-order valence-corrected chi connectivity index (χ2v) is 5.06. The highest BCUT2D eigenvalue weighted by Gasteiger charge is 2.09. The zero-order valence-corrected chi connectivity index (χ0v) is 11.5. The van der Waals surface area contributed by atoms with Crippen molar-refractivity contribution in [3.05, 3.63) is 72.3 Å². The SMILES string of the molecule is CC(=O)Cc1ccccc1-c1cccc2ccccc12. The zero-order valence-electron chi connectivity index (χ0n) is 11.5. The number of hydrogen-bond donors (Lipinski definition) is 0. The van der Waals surface area contributed by atoms with Crippen LogP contribution in [-0.2, 0) is 11.2 Å². The summed E-state index contributed by atoms with van der Waals surface area (Å²) in [4.78, 5) is 11.5. The molecule has 3 rings (SSSR count). The summed E-state index contributed by atoms with van der Waals surface area (Å²) < 4.78 is 0. The first kappa shape index (κ1) is 12.6. The van der Waals surface area contributed by atoms with Crippen LogP contribution in [0.15, 0.2) is 66.7 Å². The average Bonchev–Trinajstić information content (AvgIpc) is 2.47. The molecule has 0 fully saturated rings. The molecule has 0 radical (unpaired) electrons. The normalized spacial score (nSPS) is 10.7. The average molecular weight is 260 g/mol. The predicted octanol–water partition coefficient (Wildman–Crippen LogP) is 4.64. The lowest BCUT2D eigenvalue weighted by atomic mass is 9.93. The van der Waals surface area contributed by atoms with E-state index in [0.717, 1.165) is 11.1 Å². The van der Waals surface area contributed by atoms with Gasteiger partial charge in [-0.1, -0.05) is 66.7 Å². The van der Waals surface area contributed by atoms with Gasteiger partial charge in [0.25, 0.3) is 0 Å². The number of Topliss-reactive ketones (excluding diaryl/α,β-unsaturated/α-hetero) is 1. The molecule has 0 atom stereocenters. The molecule has 1 heteroatoms. The summed E-state index contributed by atoms with van der Waals surface area (Å²) in [6, 6.07) is 22.8. The Hall–Kier alpha value is -2.41. The molecule has 0 aliphatic rings. The van der Waals surface area contributed by atoms with Crippen molar-refractivity contribution in [3.63, 3.8) is 0 Å². The van der Waals surface area contributed by atoms with Gasteiger partial charge >= 0.3 is 0 Å². The van der Waals surface area contributed by atoms with Gasteiger partial charge in [-0.2, -0.15) is 0 Å². The quantitative estimate of drug-likeness (QED) is 0.670. The molecule has 3 aromatic rings. The van der Waals surface area contributed by atoms with Crippen LogP contribution < -0.4 is 0 Å². The summed E-state index contributed by atoms with van der Waals surface area (Å²) in [6.45, 7) is 1.64. The lowest BCUT2D eigenvalue weighted by molar-refractivity contribution is -0.116. The molecule has 3 aromatic carbocycles. The second kappa shape index (κ2) is 5.30. The highest BCUT2D eigenvalue weighted by atomic mass is 16.1. The Morgan fingerprint density at radius 1 is 0.800 bits per heavy atom. The van der Waals surface area contributed by atoms with E-state index in [9.17, 15) is 4.79 Å². The van der Waals surface area contributed by atoms with E-state index in [1.54, 1.807) is 6.92 Å². The fourth-order valence-corrected chi connectivity index (χ4v) is 2.67. The molecular weight excluding hydrogens is 244 g/mol. The highest BCUT2D eigenvalue weighted by Crippen LogP contribution is 2.31. The minimum Gasteiger partial charge on any atom is -0.300 e. The third-order valence-electron chi connectivity index (χ3n) is 3.54. The summed E-state index contributed by atoms with van der Waals surface area (Å²) in [5.74, 6) is 0.192. The van der Waals surface area contributed by atoms with Crippen LogP contribution in [0, 0.1) is 0 Å². The Kier molecular flexibility index (Phi) is 3.34. The van der Waals surface area contributed by atoms with Crippen molar-refractivity contribution in [2.45, 2.75) is 13.3 Å². The maximum Gasteiger partial charge on any atom is 0.134 e. The van der Waals surface area contributed by atoms with Crippen molar-refractivity contribution in [3.8, 4) is 11.1 Å². The van der Waals surface area contributed by atoms with Gasteiger partial charge in [0, 0.05) is 6.42 Å². The third kappa shape index (κ3) is 2.35. The molecule has 0 spiro atoms. The van der Waals surface area contributed by atoms with Crippen LogP contribution in [0.5, 0.6) is 0 Å². The Morgan fingerprint density at radius 3 is 2.30 bits per heavy atom. The molecular formula is C19H16O. The first-order chi connectivity index (χ1) is 9.75. The monoisotopic (exact) mass is 260 g/mol. The van der Waals surface area contributed by atoms with E-state index < -0.39 is 0 Å². The van der Waals surface area contributed by atoms with E-state index in [0.29, 0.717) is 6.42 Å². The zero-order chi connectivity index (χ0) is 13.9. The number of carbonyl (C=O) groups excluding carboxylic acids is 1. The molecule has 98 valence electrons. The molecule has 0 aliphatic carbocycles. The van der Waals surface area contributed by atoms with E-state index in [2.05, 4.69) is 42.5 Å². The number of rotatable bonds is 3. The summed E-state index contributed by atoms with van der Waals surface area (Å²) in [5, 5.41) is 2.45. The minimum absolute atomic E-state index is 0.192. The van der Waals surface area contributed by atoms with Crippen LogP contribution in [0.4, 0.5) is 0 Å². The van der Waals surface area contributed by atoms with Gasteiger partial charge in [-0.3, -0.25) is 4.79 Å². The minimum atomic E-state index is 0.192. The molecule has 0 aliphatic heterocycles. The van der Waals surface area contributed by atoms with Crippen LogP contribution in [-0.4, -0.2) is 5.78 Å². The molecule has 0 saturated heterocycles. The molecule has 0 N–H and O–H groups in total. The van der Waals surface area contributed by atoms with Gasteiger partial charge < -0.3 is 0 Å². The van der Waals surface area contributed by atoms with Crippen LogP contribution in [0.25, 0.3) is 21.9 Å². The van der Waals surface area contributed by atoms with Crippen molar-refractivity contribution >= 4 is 16.6 Å². The predicted molar refractivity (Wildman–Crippen MR) is 83.8 cm³/mol. The first-order valence-corrected chi connectivity index (χ1v) is 6.81. The third-order valence-corrected chi connectivity index (χ3v) is 3.54. The van der Waals surface area contributed by atoms with Crippen molar-refractivity contribution in [1.82, 2.24) is 0 Å². The Bertz CT molecular complexity index is 766. The summed E-state index contributed by atoms with van der Waals surface area (Å²) in [5.41, 5.74) is 3.44. The Labute approximate surface area is 118 Å². The largest absolute Gasteiger partial charge is 0.300 e. The van der Waals surface area contributed by atoms with Gasteiger partial charge in [0.2, 0.25) is 0 Å². The van der Waals surface area contributed by atoms with Crippen LogP contribution in [0.2, 0.25) is 0 Å². The number of hydrogen-bond acceptors (Lipinski definition) is 1. The first-order valence-electron chi connectivity index (χ1n) is 6.81. The van der Waals surface area contributed by atoms with Crippen molar-refractivity contribution in [2.24, 2.45) is 0 Å². The van der Waals surface area contributed by atoms with Gasteiger partial charge in [0.05, 0.1) is 0 Å². The van der Waals surface area contributed by atoms with Gasteiger partial charge in [0.15, 0.2) is 0 Å². The van der Waals surface area contributed by atoms with E-state index in [4.69, 9.17) is 0 Å². The van der Waals surface area contributed by atoms with E-state index in [1.165, 1.54) is 16.3 Å². The number of benzene rings is 3. The van der Waals surface area contributed by atoms with Gasteiger partial charge in [-0.25, -0.2) is 0 Å². The van der Waals surface area contributed by atoms with E-state index in [1.807, 2.05) is 24.3 Å². The second-order valence-electron chi connectivity index (χ2n) is 5.06. The molecule has 0 bridgehead atoms. The van der Waals surface area contributed by atoms with Crippen molar-refractivity contribution in [2.75, 3.05) is 0 Å². The smallest absolute Gasteiger partial charge is 0.134 e. The van der Waals surface area contributed by atoms with Gasteiger partial charge in [-0.05, 0) is 34.4 Å². The molecule has 0 amide bonds. The molecule has 0 saturated carbocycles. The highest BCUT2D eigenvalue weighted by molar-refractivity contribution is 5.98. The summed E-state index contributed by atoms with van der Waals surface area (Å²) in [7, 11) is 0. The van der Waals surface area contributed by atoms with E-state index in [-0.39, 0.29) is 5.78 Å². The summed E-state index contributed by atoms with van der Waals surface area (Å²) >= 11 is 0. The van der Waals surface area contributed by atoms with Crippen molar-refractivity contribution in [1.29, 1.82) is 0 Å². The maximum absolute atomic E-state index is 11.5. The lowest BCUT2D eigenvalue weighted by Crippen LogP contribution is -1.98. The van der Waals surface area contributed by atoms with Crippen LogP contribution in [0.1, 0.15) is 12.5 Å².